The molecular weight excluding hydrogens is 1030 g/mol. The van der Waals surface area contributed by atoms with Crippen molar-refractivity contribution in [2.75, 3.05) is 85.6 Å². The number of likely N-dealkylation sites (tertiary alicyclic amines) is 2. The lowest BCUT2D eigenvalue weighted by Gasteiger charge is -2.35. The van der Waals surface area contributed by atoms with Crippen LogP contribution >= 0.6 is 35.0 Å². The molecule has 2 fully saturated rings. The Bertz CT molecular complexity index is 2450. The van der Waals surface area contributed by atoms with Gasteiger partial charge in [0.15, 0.2) is 5.76 Å². The predicted molar refractivity (Wildman–Crippen MR) is 301 cm³/mol. The molecule has 2 aromatic carbocycles. The van der Waals surface area contributed by atoms with Crippen LogP contribution in [0.25, 0.3) is 10.5 Å². The lowest BCUT2D eigenvalue weighted by atomic mass is 9.85. The second kappa shape index (κ2) is 31.5. The molecule has 16 nitrogen and oxygen atoms in total. The molecule has 6 rings (SSSR count). The molecule has 0 radical (unpaired) electrons. The number of halogens is 3. The van der Waals surface area contributed by atoms with Crippen molar-refractivity contribution >= 4 is 63.7 Å². The van der Waals surface area contributed by atoms with Gasteiger partial charge < -0.3 is 55.2 Å². The van der Waals surface area contributed by atoms with E-state index < -0.39 is 23.4 Å². The molecular formula is C56H79Cl2FN8O8S. The molecule has 76 heavy (non-hydrogen) atoms. The van der Waals surface area contributed by atoms with Crippen LogP contribution in [-0.2, 0) is 44.6 Å². The molecule has 20 heteroatoms. The first-order valence-electron chi connectivity index (χ1n) is 26.0. The first-order valence-corrected chi connectivity index (χ1v) is 27.7. The molecule has 0 saturated carbocycles. The molecule has 3 aromatic rings. The van der Waals surface area contributed by atoms with E-state index in [1.54, 1.807) is 18.7 Å². The highest BCUT2D eigenvalue weighted by Gasteiger charge is 2.38. The van der Waals surface area contributed by atoms with Gasteiger partial charge >= 0.3 is 0 Å². The minimum Gasteiger partial charge on any atom is -0.482 e. The third-order valence-electron chi connectivity index (χ3n) is 13.1. The highest BCUT2D eigenvalue weighted by atomic mass is 35.5. The van der Waals surface area contributed by atoms with E-state index >= 15 is 0 Å². The van der Waals surface area contributed by atoms with E-state index in [2.05, 4.69) is 71.6 Å². The van der Waals surface area contributed by atoms with E-state index in [1.165, 1.54) is 28.2 Å². The Morgan fingerprint density at radius 1 is 0.974 bits per heavy atom. The highest BCUT2D eigenvalue weighted by molar-refractivity contribution is 8.10. The second-order valence-corrected chi connectivity index (χ2v) is 22.0. The Kier molecular flexibility index (Phi) is 25.6. The summed E-state index contributed by atoms with van der Waals surface area (Å²) in [6, 6.07) is 10.8. The molecule has 0 aliphatic carbocycles. The van der Waals surface area contributed by atoms with Crippen molar-refractivity contribution in [3.63, 3.8) is 0 Å². The fourth-order valence-electron chi connectivity index (χ4n) is 8.91. The van der Waals surface area contributed by atoms with Crippen molar-refractivity contribution < 1.29 is 42.5 Å². The second-order valence-electron chi connectivity index (χ2n) is 20.2. The first kappa shape index (κ1) is 61.9. The summed E-state index contributed by atoms with van der Waals surface area (Å²) >= 11 is 14.1. The van der Waals surface area contributed by atoms with Gasteiger partial charge in [0.05, 0.1) is 63.5 Å². The quantitative estimate of drug-likeness (QED) is 0.0323. The lowest BCUT2D eigenvalue weighted by Crippen LogP contribution is -2.56. The average molecular weight is 1110 g/mol. The number of thioether (sulfide) groups is 1. The van der Waals surface area contributed by atoms with Gasteiger partial charge in [0.25, 0.3) is 0 Å². The third kappa shape index (κ3) is 19.2. The van der Waals surface area contributed by atoms with Crippen LogP contribution in [0.4, 0.5) is 4.39 Å². The van der Waals surface area contributed by atoms with Crippen molar-refractivity contribution in [1.29, 1.82) is 0 Å². The zero-order valence-corrected chi connectivity index (χ0v) is 47.6. The van der Waals surface area contributed by atoms with E-state index in [0.717, 1.165) is 68.6 Å². The molecule has 2 saturated heterocycles. The monoisotopic (exact) mass is 1110 g/mol. The van der Waals surface area contributed by atoms with Gasteiger partial charge in [-0.05, 0) is 99.1 Å². The molecule has 3 aliphatic heterocycles. The summed E-state index contributed by atoms with van der Waals surface area (Å²) in [7, 11) is 0. The third-order valence-corrected chi connectivity index (χ3v) is 14.9. The number of ether oxygens (including phenoxy) is 5. The average Bonchev–Trinajstić information content (AvgIpc) is 4.08. The minimum atomic E-state index is -0.640. The molecule has 2 unspecified atom stereocenters. The van der Waals surface area contributed by atoms with Crippen LogP contribution in [0, 0.1) is 11.2 Å². The molecule has 3 atom stereocenters. The van der Waals surface area contributed by atoms with E-state index in [1.807, 2.05) is 60.2 Å². The van der Waals surface area contributed by atoms with Gasteiger partial charge in [-0.2, -0.15) is 5.10 Å². The normalized spacial score (nSPS) is 16.9. The number of carbonyl (C=O) groups excluding carboxylic acids is 3. The number of dihydropyridines is 1. The van der Waals surface area contributed by atoms with Crippen molar-refractivity contribution in [2.24, 2.45) is 11.1 Å². The Morgan fingerprint density at radius 3 is 2.24 bits per heavy atom. The number of nitrogens with one attached hydrogen (secondary N) is 3. The van der Waals surface area contributed by atoms with E-state index in [-0.39, 0.29) is 36.1 Å². The van der Waals surface area contributed by atoms with Crippen molar-refractivity contribution in [2.45, 2.75) is 105 Å². The zero-order valence-electron chi connectivity index (χ0n) is 45.3. The Morgan fingerprint density at radius 2 is 1.63 bits per heavy atom. The Hall–Kier alpha value is -4.92. The molecule has 3 aliphatic rings. The minimum absolute atomic E-state index is 0.0295. The largest absolute Gasteiger partial charge is 0.482 e. The predicted octanol–water partition coefficient (Wildman–Crippen LogP) is 9.03. The van der Waals surface area contributed by atoms with E-state index in [0.29, 0.717) is 87.3 Å². The summed E-state index contributed by atoms with van der Waals surface area (Å²) in [6.07, 6.45) is 9.79. The van der Waals surface area contributed by atoms with Gasteiger partial charge in [-0.1, -0.05) is 92.2 Å². The number of benzene rings is 2. The van der Waals surface area contributed by atoms with Crippen LogP contribution in [0.15, 0.2) is 84.0 Å². The molecule has 5 N–H and O–H groups in total. The fourth-order valence-corrected chi connectivity index (χ4v) is 10.3. The maximum absolute atomic E-state index is 14.1. The number of allylic oxidation sites excluding steroid dienone is 2. The lowest BCUT2D eigenvalue weighted by molar-refractivity contribution is -0.141. The standard InChI is InChI=1S/C42H62Cl2FN7O7.C14H17NOS/c1-28-7-6-12-51(28)41(54)39(42(3,4)5)49-36(53)27-58-22-21-57-20-19-56-18-17-55-16-15-50-13-10-32(11-14-50)52-26-31(25-48-52)30-23-35(40(46)47-24-30)59-29(2)37-33(43)8-9-34(45)38(37)44;1-4-17-14(11(2)3)13-7-5-12(6-8-13)9-15-10-16/h8-9,23,25-26,28-29,32,39,47H,6-7,10-22,24,27,46H2,1-5H3,(H,49,53);4-8,10H,1,9H2,2-3H3,(H,15,16)/t28?,29-,39?;/m1./s1. The molecule has 1 aromatic heterocycles. The Balaban J connectivity index is 0.000000533. The van der Waals surface area contributed by atoms with E-state index in [9.17, 15) is 18.8 Å². The van der Waals surface area contributed by atoms with Crippen molar-refractivity contribution in [3.05, 3.63) is 122 Å². The van der Waals surface area contributed by atoms with Crippen LogP contribution in [0.1, 0.15) is 109 Å². The van der Waals surface area contributed by atoms with Gasteiger partial charge in [-0.25, -0.2) is 4.39 Å². The van der Waals surface area contributed by atoms with Crippen LogP contribution in [0.2, 0.25) is 10.0 Å². The van der Waals surface area contributed by atoms with Crippen LogP contribution in [0.3, 0.4) is 0 Å². The number of hydrogen-bond acceptors (Lipinski definition) is 13. The maximum atomic E-state index is 14.1. The summed E-state index contributed by atoms with van der Waals surface area (Å²) in [5, 5.41) is 15.5. The van der Waals surface area contributed by atoms with Gasteiger partial charge in [0.2, 0.25) is 18.2 Å². The number of carbonyl (C=O) groups is 3. The van der Waals surface area contributed by atoms with Crippen LogP contribution < -0.4 is 21.7 Å². The van der Waals surface area contributed by atoms with Gasteiger partial charge in [0.1, 0.15) is 30.4 Å². The Labute approximate surface area is 463 Å². The SMILES string of the molecule is C=CSC(=C(C)C)c1ccc(CNC=O)cc1.CC1CCCN1C(=O)C(NC(=O)COCCOCCOCCOCCN1CCC(n2cc(C3=CC(O[C@H](C)c4c(Cl)ccc(F)c4Cl)=C(N)NC3)cn2)CC1)C(C)(C)C. The van der Waals surface area contributed by atoms with Crippen LogP contribution in [-0.4, -0.2) is 135 Å². The molecule has 418 valence electrons. The number of amides is 3. The van der Waals surface area contributed by atoms with Crippen molar-refractivity contribution in [1.82, 2.24) is 35.5 Å². The topological polar surface area (TPSA) is 184 Å². The van der Waals surface area contributed by atoms with Crippen molar-refractivity contribution in [3.8, 4) is 0 Å². The molecule has 3 amide bonds. The number of piperidine rings is 1. The highest BCUT2D eigenvalue weighted by Crippen LogP contribution is 2.37. The number of rotatable bonds is 27. The number of nitrogens with two attached hydrogens (primary N) is 1. The maximum Gasteiger partial charge on any atom is 0.246 e. The molecule has 0 spiro atoms. The van der Waals surface area contributed by atoms with Gasteiger partial charge in [-0.3, -0.25) is 19.1 Å². The zero-order chi connectivity index (χ0) is 55.2. The molecule has 0 bridgehead atoms. The molecule has 4 heterocycles. The summed E-state index contributed by atoms with van der Waals surface area (Å²) in [5.74, 6) is -0.112. The summed E-state index contributed by atoms with van der Waals surface area (Å²) in [5.41, 5.74) is 11.6. The van der Waals surface area contributed by atoms with Gasteiger partial charge in [-0.15, -0.1) is 0 Å². The first-order chi connectivity index (χ1) is 36.4. The van der Waals surface area contributed by atoms with Gasteiger partial charge in [0, 0.05) is 72.6 Å². The summed E-state index contributed by atoms with van der Waals surface area (Å²) in [4.78, 5) is 41.4. The smallest absolute Gasteiger partial charge is 0.246 e. The summed E-state index contributed by atoms with van der Waals surface area (Å²) in [6.45, 7) is 25.1. The van der Waals surface area contributed by atoms with E-state index in [4.69, 9.17) is 52.6 Å². The number of nitrogens with zero attached hydrogens (tertiary/aromatic N) is 4. The fraction of sp³-hybridized carbons (Fsp3) is 0.536. The number of hydrogen-bond donors (Lipinski definition) is 4. The van der Waals surface area contributed by atoms with Crippen LogP contribution in [0.5, 0.6) is 0 Å². The number of aromatic nitrogens is 2. The summed E-state index contributed by atoms with van der Waals surface area (Å²) < 4.78 is 44.8.